The van der Waals surface area contributed by atoms with Gasteiger partial charge in [0.1, 0.15) is 12.7 Å². The predicted molar refractivity (Wildman–Crippen MR) is 230 cm³/mol. The van der Waals surface area contributed by atoms with Crippen LogP contribution in [0.1, 0.15) is 47.9 Å². The average Bonchev–Trinajstić information content (AvgIpc) is 3.71. The normalized spacial score (nSPS) is 14.5. The summed E-state index contributed by atoms with van der Waals surface area (Å²) in [5.74, 6) is -1.60. The Morgan fingerprint density at radius 1 is 0.466 bits per heavy atom. The Morgan fingerprint density at radius 3 is 1.21 bits per heavy atom. The first kappa shape index (κ1) is 39.3. The minimum atomic E-state index is -0.884. The Bertz CT molecular complexity index is 2690. The molecule has 288 valence electrons. The maximum Gasteiger partial charge on any atom is 0.338 e. The van der Waals surface area contributed by atoms with Crippen LogP contribution in [0.5, 0.6) is 0 Å². The third kappa shape index (κ3) is 9.69. The van der Waals surface area contributed by atoms with E-state index in [4.69, 9.17) is 19.7 Å². The highest BCUT2D eigenvalue weighted by atomic mass is 32.2. The minimum absolute atomic E-state index is 0.0659. The molecule has 0 unspecified atom stereocenters. The van der Waals surface area contributed by atoms with Crippen LogP contribution in [0.3, 0.4) is 0 Å². The van der Waals surface area contributed by atoms with Crippen LogP contribution in [0, 0.1) is 0 Å². The topological polar surface area (TPSA) is 127 Å². The summed E-state index contributed by atoms with van der Waals surface area (Å²) in [6.07, 6.45) is 0.478. The van der Waals surface area contributed by atoms with Crippen LogP contribution in [0.25, 0.3) is 43.1 Å². The van der Waals surface area contributed by atoms with Gasteiger partial charge in [-0.3, -0.25) is 0 Å². The molecule has 1 fully saturated rings. The zero-order valence-corrected chi connectivity index (χ0v) is 32.0. The van der Waals surface area contributed by atoms with E-state index >= 15 is 0 Å². The number of carbonyl (C=O) groups excluding carboxylic acids is 2. The van der Waals surface area contributed by atoms with E-state index in [0.29, 0.717) is 22.3 Å². The van der Waals surface area contributed by atoms with Gasteiger partial charge >= 0.3 is 23.9 Å². The second-order valence-corrected chi connectivity index (χ2v) is 14.9. The summed E-state index contributed by atoms with van der Waals surface area (Å²) in [6.45, 7) is 0.214. The third-order valence-corrected chi connectivity index (χ3v) is 11.1. The molecule has 8 nitrogen and oxygen atoms in total. The first-order chi connectivity index (χ1) is 28.2. The zero-order valence-electron chi connectivity index (χ0n) is 31.2. The summed E-state index contributed by atoms with van der Waals surface area (Å²) in [7, 11) is 0. The van der Waals surface area contributed by atoms with Gasteiger partial charge < -0.3 is 19.7 Å². The zero-order chi connectivity index (χ0) is 40.4. The Kier molecular flexibility index (Phi) is 12.4. The predicted octanol–water partition coefficient (Wildman–Crippen LogP) is 11.0. The van der Waals surface area contributed by atoms with Gasteiger partial charge in [0, 0.05) is 0 Å². The van der Waals surface area contributed by atoms with Crippen LogP contribution >= 0.6 is 11.8 Å². The first-order valence-corrected chi connectivity index (χ1v) is 19.7. The molecular weight excluding hydrogens is 749 g/mol. The van der Waals surface area contributed by atoms with Crippen molar-refractivity contribution in [2.24, 2.45) is 0 Å². The van der Waals surface area contributed by atoms with Crippen LogP contribution < -0.4 is 0 Å². The Labute approximate surface area is 338 Å². The van der Waals surface area contributed by atoms with E-state index in [9.17, 15) is 19.2 Å². The number of carboxylic acid groups (broad SMARTS) is 2. The lowest BCUT2D eigenvalue weighted by molar-refractivity contribution is 0.0220. The molecule has 0 spiro atoms. The summed E-state index contributed by atoms with van der Waals surface area (Å²) < 4.78 is 11.4. The van der Waals surface area contributed by atoms with Crippen molar-refractivity contribution in [2.75, 3.05) is 12.4 Å². The van der Waals surface area contributed by atoms with Crippen molar-refractivity contribution in [3.63, 3.8) is 0 Å². The summed E-state index contributed by atoms with van der Waals surface area (Å²) in [5.41, 5.74) is 1.72. The van der Waals surface area contributed by atoms with Gasteiger partial charge in [0.25, 0.3) is 0 Å². The van der Waals surface area contributed by atoms with Gasteiger partial charge in [-0.1, -0.05) is 121 Å². The second-order valence-electron chi connectivity index (χ2n) is 13.6. The van der Waals surface area contributed by atoms with Gasteiger partial charge in [-0.2, -0.15) is 11.8 Å². The number of ether oxygens (including phenoxy) is 2. The molecular formula is C49H38O8S. The molecule has 1 aliphatic heterocycles. The molecule has 2 atom stereocenters. The van der Waals surface area contributed by atoms with Crippen LogP contribution in [0.15, 0.2) is 170 Å². The molecule has 8 aromatic carbocycles. The van der Waals surface area contributed by atoms with Crippen molar-refractivity contribution in [1.29, 1.82) is 0 Å². The van der Waals surface area contributed by atoms with E-state index in [1.165, 1.54) is 0 Å². The number of hydrogen-bond donors (Lipinski definition) is 2. The molecule has 58 heavy (non-hydrogen) atoms. The number of benzene rings is 8. The number of hydrogen-bond acceptors (Lipinski definition) is 7. The fourth-order valence-corrected chi connectivity index (χ4v) is 7.88. The van der Waals surface area contributed by atoms with E-state index in [1.54, 1.807) is 48.2 Å². The standard InChI is InChI=1S/C27H22O4S.2C11H8O2/c28-26(22-11-9-18-5-1-3-7-20(18)15-22)30-17-25-24(13-14-32-25)31-27(29)23-12-10-19-6-2-4-8-21(19)16-23;2*12-11(13)10-6-5-8-3-1-2-4-9(8)7-10/h1-12,15-16,24-25H,13-14,17H2;2*1-7H,(H,12,13)/t24-,25-;;/m1../s1. The van der Waals surface area contributed by atoms with Gasteiger partial charge in [-0.05, 0) is 104 Å². The monoisotopic (exact) mass is 786 g/mol. The molecule has 0 aliphatic carbocycles. The van der Waals surface area contributed by atoms with E-state index < -0.39 is 11.9 Å². The van der Waals surface area contributed by atoms with E-state index in [-0.39, 0.29) is 29.9 Å². The quantitative estimate of drug-likeness (QED) is 0.152. The summed E-state index contributed by atoms with van der Waals surface area (Å²) in [4.78, 5) is 46.6. The largest absolute Gasteiger partial charge is 0.478 e. The fourth-order valence-electron chi connectivity index (χ4n) is 6.64. The fraction of sp³-hybridized carbons (Fsp3) is 0.102. The van der Waals surface area contributed by atoms with E-state index in [2.05, 4.69) is 0 Å². The third-order valence-electron chi connectivity index (χ3n) is 9.75. The minimum Gasteiger partial charge on any atom is -0.478 e. The molecule has 8 aromatic rings. The maximum atomic E-state index is 12.7. The lowest BCUT2D eigenvalue weighted by atomic mass is 10.1. The highest BCUT2D eigenvalue weighted by molar-refractivity contribution is 8.00. The highest BCUT2D eigenvalue weighted by Gasteiger charge is 2.33. The molecule has 0 radical (unpaired) electrons. The van der Waals surface area contributed by atoms with Crippen molar-refractivity contribution in [1.82, 2.24) is 0 Å². The Morgan fingerprint density at radius 2 is 0.810 bits per heavy atom. The van der Waals surface area contributed by atoms with Crippen LogP contribution in [0.4, 0.5) is 0 Å². The molecule has 1 heterocycles. The van der Waals surface area contributed by atoms with Gasteiger partial charge in [-0.15, -0.1) is 0 Å². The lowest BCUT2D eigenvalue weighted by Gasteiger charge is -2.19. The molecule has 1 saturated heterocycles. The number of esters is 2. The van der Waals surface area contributed by atoms with Crippen molar-refractivity contribution >= 4 is 78.7 Å². The molecule has 2 N–H and O–H groups in total. The van der Waals surface area contributed by atoms with Gasteiger partial charge in [0.15, 0.2) is 0 Å². The maximum absolute atomic E-state index is 12.7. The van der Waals surface area contributed by atoms with Gasteiger partial charge in [-0.25, -0.2) is 19.2 Å². The SMILES string of the molecule is O=C(O)c1ccc2ccccc2c1.O=C(O)c1ccc2ccccc2c1.O=C(OC[C@H]1SCC[C@H]1OC(=O)c1ccc2ccccc2c1)c1ccc2ccccc2c1. The molecule has 9 heteroatoms. The van der Waals surface area contributed by atoms with Crippen LogP contribution in [-0.4, -0.2) is 57.8 Å². The van der Waals surface area contributed by atoms with Gasteiger partial charge in [0.2, 0.25) is 0 Å². The van der Waals surface area contributed by atoms with Crippen molar-refractivity contribution in [2.45, 2.75) is 17.8 Å². The molecule has 0 amide bonds. The summed E-state index contributed by atoms with van der Waals surface area (Å²) in [5, 5.41) is 25.6. The molecule has 1 aliphatic rings. The number of thioether (sulfide) groups is 1. The van der Waals surface area contributed by atoms with E-state index in [0.717, 1.165) is 55.3 Å². The molecule has 0 bridgehead atoms. The van der Waals surface area contributed by atoms with E-state index in [1.807, 2.05) is 133 Å². The van der Waals surface area contributed by atoms with Crippen LogP contribution in [-0.2, 0) is 9.47 Å². The summed E-state index contributed by atoms with van der Waals surface area (Å²) >= 11 is 1.68. The smallest absolute Gasteiger partial charge is 0.338 e. The Hall–Kier alpha value is -6.97. The molecule has 0 aromatic heterocycles. The number of carboxylic acids is 2. The number of fused-ring (bicyclic) bond motifs is 4. The summed E-state index contributed by atoms with van der Waals surface area (Å²) in [6, 6.07) is 52.5. The van der Waals surface area contributed by atoms with Crippen molar-refractivity contribution < 1.29 is 38.9 Å². The molecule has 0 saturated carbocycles. The van der Waals surface area contributed by atoms with Crippen LogP contribution in [0.2, 0.25) is 0 Å². The average molecular weight is 787 g/mol. The van der Waals surface area contributed by atoms with Crippen molar-refractivity contribution in [3.8, 4) is 0 Å². The molecule has 9 rings (SSSR count). The van der Waals surface area contributed by atoms with Crippen molar-refractivity contribution in [3.05, 3.63) is 192 Å². The number of rotatable bonds is 7. The number of aromatic carboxylic acids is 2. The number of carbonyl (C=O) groups is 4. The first-order valence-electron chi connectivity index (χ1n) is 18.6. The second kappa shape index (κ2) is 18.3. The lowest BCUT2D eigenvalue weighted by Crippen LogP contribution is -2.29. The van der Waals surface area contributed by atoms with Gasteiger partial charge in [0.05, 0.1) is 27.5 Å². The Balaban J connectivity index is 0.000000161. The highest BCUT2D eigenvalue weighted by Crippen LogP contribution is 2.31.